The number of hydrogen-bond acceptors (Lipinski definition) is 3. The van der Waals surface area contributed by atoms with Gasteiger partial charge in [0.1, 0.15) is 6.10 Å². The van der Waals surface area contributed by atoms with Crippen molar-refractivity contribution in [2.24, 2.45) is 5.92 Å². The van der Waals surface area contributed by atoms with Crippen LogP contribution in [0.3, 0.4) is 0 Å². The molecule has 0 aliphatic heterocycles. The van der Waals surface area contributed by atoms with E-state index in [2.05, 4.69) is 73.8 Å². The van der Waals surface area contributed by atoms with Crippen molar-refractivity contribution in [1.29, 1.82) is 0 Å². The van der Waals surface area contributed by atoms with E-state index < -0.39 is 0 Å². The molecule has 174 valence electrons. The van der Waals surface area contributed by atoms with E-state index in [0.29, 0.717) is 25.2 Å². The van der Waals surface area contributed by atoms with Crippen LogP contribution < -0.4 is 0 Å². The van der Waals surface area contributed by atoms with Crippen LogP contribution in [0.5, 0.6) is 0 Å². The van der Waals surface area contributed by atoms with Gasteiger partial charge in [-0.3, -0.25) is 4.79 Å². The summed E-state index contributed by atoms with van der Waals surface area (Å²) < 4.78 is 5.29. The van der Waals surface area contributed by atoms with Gasteiger partial charge in [0.15, 0.2) is 0 Å². The number of rotatable bonds is 18. The highest BCUT2D eigenvalue weighted by atomic mass is 16.5. The molecule has 1 atom stereocenters. The number of carbonyl (C=O) groups excluding carboxylic acids is 1. The lowest BCUT2D eigenvalue weighted by Crippen LogP contribution is -2.23. The van der Waals surface area contributed by atoms with Crippen molar-refractivity contribution in [2.45, 2.75) is 84.7 Å². The minimum atomic E-state index is -0.377. The largest absolute Gasteiger partial charge is 0.460 e. The SMILES string of the molecule is CCC=CCC=CCC=CCC=CCC=CCC=CCCC(=O)OC(CO)CC(C)C. The molecule has 31 heavy (non-hydrogen) atoms. The summed E-state index contributed by atoms with van der Waals surface area (Å²) in [4.78, 5) is 11.8. The van der Waals surface area contributed by atoms with E-state index in [1.54, 1.807) is 0 Å². The Hall–Kier alpha value is -2.13. The Morgan fingerprint density at radius 1 is 0.742 bits per heavy atom. The van der Waals surface area contributed by atoms with Crippen molar-refractivity contribution in [3.8, 4) is 0 Å². The summed E-state index contributed by atoms with van der Waals surface area (Å²) >= 11 is 0. The van der Waals surface area contributed by atoms with Crippen LogP contribution in [0.15, 0.2) is 72.9 Å². The maximum atomic E-state index is 11.8. The second-order valence-electron chi connectivity index (χ2n) is 7.88. The molecule has 1 unspecified atom stereocenters. The highest BCUT2D eigenvalue weighted by Crippen LogP contribution is 2.09. The Kier molecular flexibility index (Phi) is 21.0. The average Bonchev–Trinajstić information content (AvgIpc) is 2.74. The molecule has 0 aromatic carbocycles. The molecule has 3 nitrogen and oxygen atoms in total. The van der Waals surface area contributed by atoms with E-state index in [4.69, 9.17) is 4.74 Å². The van der Waals surface area contributed by atoms with Gasteiger partial charge in [0, 0.05) is 6.42 Å². The van der Waals surface area contributed by atoms with Crippen LogP contribution >= 0.6 is 0 Å². The van der Waals surface area contributed by atoms with Crippen molar-refractivity contribution in [2.75, 3.05) is 6.61 Å². The summed E-state index contributed by atoms with van der Waals surface area (Å²) in [6, 6.07) is 0. The van der Waals surface area contributed by atoms with Crippen molar-refractivity contribution >= 4 is 5.97 Å². The van der Waals surface area contributed by atoms with Gasteiger partial charge in [0.05, 0.1) is 6.61 Å². The molecule has 0 aliphatic rings. The summed E-state index contributed by atoms with van der Waals surface area (Å²) in [7, 11) is 0. The van der Waals surface area contributed by atoms with Crippen LogP contribution in [0, 0.1) is 5.92 Å². The fourth-order valence-corrected chi connectivity index (χ4v) is 2.77. The fraction of sp³-hybridized carbons (Fsp3) is 0.536. The topological polar surface area (TPSA) is 46.5 Å². The zero-order chi connectivity index (χ0) is 23.0. The third-order valence-electron chi connectivity index (χ3n) is 4.35. The molecule has 0 fully saturated rings. The zero-order valence-corrected chi connectivity index (χ0v) is 19.9. The Morgan fingerprint density at radius 3 is 1.55 bits per heavy atom. The molecule has 0 bridgehead atoms. The predicted molar refractivity (Wildman–Crippen MR) is 134 cm³/mol. The number of esters is 1. The molecule has 3 heteroatoms. The van der Waals surface area contributed by atoms with E-state index in [-0.39, 0.29) is 18.7 Å². The molecular formula is C28H44O3. The molecule has 0 rings (SSSR count). The molecule has 0 aromatic rings. The van der Waals surface area contributed by atoms with Crippen LogP contribution in [0.1, 0.15) is 78.6 Å². The number of carbonyl (C=O) groups is 1. The number of aliphatic hydroxyl groups excluding tert-OH is 1. The summed E-state index contributed by atoms with van der Waals surface area (Å²) in [5.41, 5.74) is 0. The van der Waals surface area contributed by atoms with E-state index in [0.717, 1.165) is 38.5 Å². The molecule has 0 heterocycles. The Balaban J connectivity index is 3.70. The molecule has 0 spiro atoms. The van der Waals surface area contributed by atoms with E-state index in [9.17, 15) is 9.90 Å². The first-order valence-electron chi connectivity index (χ1n) is 11.8. The Bertz CT molecular complexity index is 591. The standard InChI is InChI=1S/C28H44O3/c1-4-5-6-7-8-9-10-11-12-13-14-15-16-17-18-19-20-21-22-23-28(30)31-27(25-29)24-26(2)3/h5-6,8-9,11-12,14-15,17-18,20-21,26-27,29H,4,7,10,13,16,19,22-25H2,1-3H3. The molecular weight excluding hydrogens is 384 g/mol. The minimum absolute atomic E-state index is 0.107. The van der Waals surface area contributed by atoms with Gasteiger partial charge in [-0.25, -0.2) is 0 Å². The quantitative estimate of drug-likeness (QED) is 0.182. The maximum absolute atomic E-state index is 11.8. The molecule has 0 radical (unpaired) electrons. The monoisotopic (exact) mass is 428 g/mol. The fourth-order valence-electron chi connectivity index (χ4n) is 2.77. The smallest absolute Gasteiger partial charge is 0.306 e. The summed E-state index contributed by atoms with van der Waals surface area (Å²) in [6.07, 6.45) is 33.2. The van der Waals surface area contributed by atoms with Crippen LogP contribution in [0.25, 0.3) is 0 Å². The van der Waals surface area contributed by atoms with Gasteiger partial charge in [-0.15, -0.1) is 0 Å². The Labute approximate surface area is 191 Å². The zero-order valence-electron chi connectivity index (χ0n) is 19.9. The summed E-state index contributed by atoms with van der Waals surface area (Å²) in [5.74, 6) is 0.160. The second-order valence-corrected chi connectivity index (χ2v) is 7.88. The van der Waals surface area contributed by atoms with E-state index >= 15 is 0 Å². The van der Waals surface area contributed by atoms with Crippen molar-refractivity contribution in [3.05, 3.63) is 72.9 Å². The number of aliphatic hydroxyl groups is 1. The lowest BCUT2D eigenvalue weighted by molar-refractivity contribution is -0.151. The van der Waals surface area contributed by atoms with Gasteiger partial charge in [-0.1, -0.05) is 93.7 Å². The molecule has 1 N–H and O–H groups in total. The lowest BCUT2D eigenvalue weighted by atomic mass is 10.1. The third kappa shape index (κ3) is 22.4. The van der Waals surface area contributed by atoms with Crippen molar-refractivity contribution < 1.29 is 14.6 Å². The van der Waals surface area contributed by atoms with Crippen LogP contribution in [0.4, 0.5) is 0 Å². The van der Waals surface area contributed by atoms with Crippen LogP contribution in [-0.4, -0.2) is 23.8 Å². The predicted octanol–water partition coefficient (Wildman–Crippen LogP) is 7.41. The molecule has 0 aromatic heterocycles. The molecule has 0 saturated heterocycles. The van der Waals surface area contributed by atoms with E-state index in [1.165, 1.54) is 0 Å². The maximum Gasteiger partial charge on any atom is 0.306 e. The molecule has 0 aliphatic carbocycles. The third-order valence-corrected chi connectivity index (χ3v) is 4.35. The van der Waals surface area contributed by atoms with Gasteiger partial charge in [0.25, 0.3) is 0 Å². The minimum Gasteiger partial charge on any atom is -0.460 e. The molecule has 0 amide bonds. The van der Waals surface area contributed by atoms with Gasteiger partial charge in [0.2, 0.25) is 0 Å². The van der Waals surface area contributed by atoms with Gasteiger partial charge in [-0.05, 0) is 57.3 Å². The number of ether oxygens (including phenoxy) is 1. The second kappa shape index (κ2) is 22.6. The van der Waals surface area contributed by atoms with Crippen LogP contribution in [-0.2, 0) is 9.53 Å². The highest BCUT2D eigenvalue weighted by molar-refractivity contribution is 5.69. The molecule has 0 saturated carbocycles. The first-order valence-corrected chi connectivity index (χ1v) is 11.8. The Morgan fingerprint density at radius 2 is 1.16 bits per heavy atom. The highest BCUT2D eigenvalue weighted by Gasteiger charge is 2.14. The van der Waals surface area contributed by atoms with Gasteiger partial charge in [-0.2, -0.15) is 0 Å². The van der Waals surface area contributed by atoms with E-state index in [1.807, 2.05) is 19.9 Å². The number of hydrogen-bond donors (Lipinski definition) is 1. The van der Waals surface area contributed by atoms with Gasteiger partial charge >= 0.3 is 5.97 Å². The first-order chi connectivity index (χ1) is 15.1. The van der Waals surface area contributed by atoms with Crippen LogP contribution in [0.2, 0.25) is 0 Å². The van der Waals surface area contributed by atoms with Gasteiger partial charge < -0.3 is 9.84 Å². The lowest BCUT2D eigenvalue weighted by Gasteiger charge is -2.17. The number of allylic oxidation sites excluding steroid dienone is 12. The normalized spacial score (nSPS) is 14.0. The summed E-state index contributed by atoms with van der Waals surface area (Å²) in [6.45, 7) is 6.14. The summed E-state index contributed by atoms with van der Waals surface area (Å²) in [5, 5.41) is 9.25. The van der Waals surface area contributed by atoms with Crippen molar-refractivity contribution in [3.63, 3.8) is 0 Å². The average molecular weight is 429 g/mol. The first kappa shape index (κ1) is 28.9. The van der Waals surface area contributed by atoms with Crippen molar-refractivity contribution in [1.82, 2.24) is 0 Å².